The van der Waals surface area contributed by atoms with E-state index in [-0.39, 0.29) is 5.82 Å². The normalized spacial score (nSPS) is 25.0. The number of fused-ring (bicyclic) bond motifs is 1. The topological polar surface area (TPSA) is 130 Å². The van der Waals surface area contributed by atoms with E-state index in [2.05, 4.69) is 41.9 Å². The zero-order valence-corrected chi connectivity index (χ0v) is 19.9. The summed E-state index contributed by atoms with van der Waals surface area (Å²) in [5.41, 5.74) is 5.30. The lowest BCUT2D eigenvalue weighted by atomic mass is 9.92. The molecule has 0 aromatic carbocycles. The highest BCUT2D eigenvalue weighted by molar-refractivity contribution is 5.59. The molecule has 2 N–H and O–H groups in total. The van der Waals surface area contributed by atoms with E-state index in [4.69, 9.17) is 24.7 Å². The third kappa shape index (κ3) is 5.44. The third-order valence-electron chi connectivity index (χ3n) is 5.81. The Bertz CT molecular complexity index is 916. The first-order valence-corrected chi connectivity index (χ1v) is 12.0. The number of hydrogen-bond donors (Lipinski definition) is 1. The van der Waals surface area contributed by atoms with Gasteiger partial charge in [0, 0.05) is 19.8 Å². The molecule has 1 fully saturated rings. The number of anilines is 1. The molecule has 3 rings (SSSR count). The molecule has 0 radical (unpaired) electrons. The van der Waals surface area contributed by atoms with E-state index >= 15 is 0 Å². The summed E-state index contributed by atoms with van der Waals surface area (Å²) < 4.78 is 26.4. The maximum Gasteiger partial charge on any atom is 0.227 e. The fourth-order valence-electron chi connectivity index (χ4n) is 3.94. The summed E-state index contributed by atoms with van der Waals surface area (Å²) in [6.07, 6.45) is 6.99. The van der Waals surface area contributed by atoms with Crippen LogP contribution in [0.4, 0.5) is 5.82 Å². The minimum atomic E-state index is -1.48. The van der Waals surface area contributed by atoms with Crippen LogP contribution in [-0.2, 0) is 24.5 Å². The van der Waals surface area contributed by atoms with Gasteiger partial charge in [-0.25, -0.2) is 14.5 Å². The molecule has 182 valence electrons. The largest absolute Gasteiger partial charge is 0.381 e. The van der Waals surface area contributed by atoms with Crippen LogP contribution in [0.3, 0.4) is 0 Å². The summed E-state index contributed by atoms with van der Waals surface area (Å²) in [5.74, 6) is 0.223. The molecule has 0 amide bonds. The molecule has 0 aliphatic carbocycles. The SMILES string of the molecule is CCCCOC[C@H]1OC(C#N)(c2cnc3c(N)ncnn23)[C@H](OCCCC)[C@@H]1OCCCC. The van der Waals surface area contributed by atoms with E-state index in [0.29, 0.717) is 37.8 Å². The van der Waals surface area contributed by atoms with Crippen LogP contribution in [0.1, 0.15) is 65.0 Å². The van der Waals surface area contributed by atoms with Gasteiger partial charge in [0.25, 0.3) is 0 Å². The summed E-state index contributed by atoms with van der Waals surface area (Å²) in [6, 6.07) is 2.38. The van der Waals surface area contributed by atoms with Crippen LogP contribution < -0.4 is 5.73 Å². The van der Waals surface area contributed by atoms with Crippen LogP contribution in [0.15, 0.2) is 12.5 Å². The van der Waals surface area contributed by atoms with Gasteiger partial charge in [0.1, 0.15) is 36.4 Å². The second-order valence-corrected chi connectivity index (χ2v) is 8.29. The zero-order chi connectivity index (χ0) is 23.7. The fourth-order valence-corrected chi connectivity index (χ4v) is 3.94. The van der Waals surface area contributed by atoms with E-state index in [0.717, 1.165) is 38.5 Å². The number of unbranched alkanes of at least 4 members (excludes halogenated alkanes) is 3. The molecular weight excluding hydrogens is 424 g/mol. The number of nitriles is 1. The minimum Gasteiger partial charge on any atom is -0.381 e. The van der Waals surface area contributed by atoms with Crippen LogP contribution in [0.5, 0.6) is 0 Å². The summed E-state index contributed by atoms with van der Waals surface area (Å²) in [7, 11) is 0. The van der Waals surface area contributed by atoms with E-state index in [1.807, 2.05) is 0 Å². The van der Waals surface area contributed by atoms with Crippen molar-refractivity contribution in [2.45, 2.75) is 83.2 Å². The number of aromatic nitrogens is 4. The summed E-state index contributed by atoms with van der Waals surface area (Å²) in [6.45, 7) is 8.28. The molecular formula is C23H36N6O4. The number of nitrogen functional groups attached to an aromatic ring is 1. The predicted octanol–water partition coefficient (Wildman–Crippen LogP) is 3.01. The van der Waals surface area contributed by atoms with Crippen molar-refractivity contribution in [2.75, 3.05) is 32.2 Å². The molecule has 0 spiro atoms. The van der Waals surface area contributed by atoms with Gasteiger partial charge >= 0.3 is 0 Å². The smallest absolute Gasteiger partial charge is 0.227 e. The monoisotopic (exact) mass is 460 g/mol. The first kappa shape index (κ1) is 25.3. The minimum absolute atomic E-state index is 0.223. The van der Waals surface area contributed by atoms with Gasteiger partial charge in [-0.15, -0.1) is 0 Å². The molecule has 1 saturated heterocycles. The number of nitrogens with two attached hydrogens (primary N) is 1. The zero-order valence-electron chi connectivity index (χ0n) is 19.9. The van der Waals surface area contributed by atoms with Gasteiger partial charge in [-0.1, -0.05) is 40.0 Å². The first-order valence-electron chi connectivity index (χ1n) is 12.0. The van der Waals surface area contributed by atoms with Crippen molar-refractivity contribution in [2.24, 2.45) is 0 Å². The van der Waals surface area contributed by atoms with Gasteiger partial charge in [-0.3, -0.25) is 0 Å². The Morgan fingerprint density at radius 3 is 2.48 bits per heavy atom. The molecule has 10 nitrogen and oxygen atoms in total. The van der Waals surface area contributed by atoms with E-state index in [9.17, 15) is 5.26 Å². The number of ether oxygens (including phenoxy) is 4. The van der Waals surface area contributed by atoms with Crippen LogP contribution in [0.2, 0.25) is 0 Å². The Labute approximate surface area is 195 Å². The number of rotatable bonds is 14. The lowest BCUT2D eigenvalue weighted by molar-refractivity contribution is -0.0902. The summed E-state index contributed by atoms with van der Waals surface area (Å²) in [4.78, 5) is 8.35. The van der Waals surface area contributed by atoms with Crippen molar-refractivity contribution in [1.29, 1.82) is 5.26 Å². The van der Waals surface area contributed by atoms with Crippen LogP contribution in [0, 0.1) is 11.3 Å². The van der Waals surface area contributed by atoms with Gasteiger partial charge in [0.05, 0.1) is 12.8 Å². The van der Waals surface area contributed by atoms with Gasteiger partial charge in [-0.05, 0) is 19.3 Å². The van der Waals surface area contributed by atoms with Crippen LogP contribution in [-0.4, -0.2) is 64.3 Å². The van der Waals surface area contributed by atoms with Crippen molar-refractivity contribution in [3.8, 4) is 6.07 Å². The van der Waals surface area contributed by atoms with Gasteiger partial charge < -0.3 is 24.7 Å². The molecule has 33 heavy (non-hydrogen) atoms. The Morgan fingerprint density at radius 2 is 1.79 bits per heavy atom. The molecule has 3 heterocycles. The Hall–Kier alpha value is -2.32. The van der Waals surface area contributed by atoms with E-state index in [1.165, 1.54) is 10.8 Å². The number of nitrogens with zero attached hydrogens (tertiary/aromatic N) is 5. The molecule has 0 bridgehead atoms. The van der Waals surface area contributed by atoms with Crippen LogP contribution >= 0.6 is 0 Å². The molecule has 4 atom stereocenters. The molecule has 0 saturated carbocycles. The molecule has 1 aliphatic rings. The van der Waals surface area contributed by atoms with Crippen molar-refractivity contribution in [3.63, 3.8) is 0 Å². The van der Waals surface area contributed by atoms with Crippen molar-refractivity contribution in [1.82, 2.24) is 19.6 Å². The maximum atomic E-state index is 10.5. The fraction of sp³-hybridized carbons (Fsp3) is 0.739. The third-order valence-corrected chi connectivity index (χ3v) is 5.81. The predicted molar refractivity (Wildman–Crippen MR) is 122 cm³/mol. The maximum absolute atomic E-state index is 10.5. The lowest BCUT2D eigenvalue weighted by Crippen LogP contribution is -2.44. The summed E-state index contributed by atoms with van der Waals surface area (Å²) in [5, 5.41) is 14.8. The van der Waals surface area contributed by atoms with E-state index in [1.54, 1.807) is 6.20 Å². The van der Waals surface area contributed by atoms with Crippen molar-refractivity contribution in [3.05, 3.63) is 18.2 Å². The highest BCUT2D eigenvalue weighted by Crippen LogP contribution is 2.43. The Morgan fingerprint density at radius 1 is 1.09 bits per heavy atom. The van der Waals surface area contributed by atoms with Gasteiger partial charge in [0.15, 0.2) is 11.5 Å². The second-order valence-electron chi connectivity index (χ2n) is 8.29. The van der Waals surface area contributed by atoms with E-state index < -0.39 is 23.9 Å². The number of hydrogen-bond acceptors (Lipinski definition) is 9. The average molecular weight is 461 g/mol. The second kappa shape index (κ2) is 12.2. The highest BCUT2D eigenvalue weighted by atomic mass is 16.6. The molecule has 1 unspecified atom stereocenters. The molecule has 2 aromatic rings. The first-order chi connectivity index (χ1) is 16.1. The van der Waals surface area contributed by atoms with Gasteiger partial charge in [-0.2, -0.15) is 10.4 Å². The van der Waals surface area contributed by atoms with Crippen molar-refractivity contribution >= 4 is 11.5 Å². The molecule has 1 aliphatic heterocycles. The quantitative estimate of drug-likeness (QED) is 0.423. The summed E-state index contributed by atoms with van der Waals surface area (Å²) >= 11 is 0. The lowest BCUT2D eigenvalue weighted by Gasteiger charge is -2.29. The highest BCUT2D eigenvalue weighted by Gasteiger charge is 2.60. The Balaban J connectivity index is 2.00. The number of imidazole rings is 1. The molecule has 2 aromatic heterocycles. The average Bonchev–Trinajstić information content (AvgIpc) is 3.38. The van der Waals surface area contributed by atoms with Crippen molar-refractivity contribution < 1.29 is 18.9 Å². The van der Waals surface area contributed by atoms with Crippen LogP contribution in [0.25, 0.3) is 5.65 Å². The standard InChI is InChI=1S/C23H36N6O4/c1-4-7-10-30-14-17-19(31-11-8-5-2)20(32-12-9-6-3)23(15-24,33-17)18-13-26-22-21(25)27-16-28-29(18)22/h13,16-17,19-20H,4-12,14H2,1-3H3,(H2,25,27,28)/t17-,19-,20-,23?/m1/s1. The van der Waals surface area contributed by atoms with Gasteiger partial charge in [0.2, 0.25) is 5.60 Å². The Kier molecular flexibility index (Phi) is 9.38. The molecule has 10 heteroatoms.